The predicted octanol–water partition coefficient (Wildman–Crippen LogP) is 0.165. The molecule has 2 heterocycles. The Morgan fingerprint density at radius 1 is 1.06 bits per heavy atom. The zero-order valence-corrected chi connectivity index (χ0v) is 12.2. The molecule has 1 unspecified atom stereocenters. The fourth-order valence-electron chi connectivity index (χ4n) is 2.90. The molecule has 2 saturated heterocycles. The lowest BCUT2D eigenvalue weighted by molar-refractivity contribution is 0.121. The van der Waals surface area contributed by atoms with Gasteiger partial charge >= 0.3 is 0 Å². The van der Waals surface area contributed by atoms with Gasteiger partial charge in [-0.2, -0.15) is 0 Å². The van der Waals surface area contributed by atoms with E-state index in [0.29, 0.717) is 0 Å². The zero-order chi connectivity index (χ0) is 12.8. The molecule has 0 aliphatic carbocycles. The summed E-state index contributed by atoms with van der Waals surface area (Å²) >= 11 is 0. The number of likely N-dealkylation sites (N-methyl/N-ethyl adjacent to an activating group) is 1. The Kier molecular flexibility index (Phi) is 5.89. The molecule has 2 fully saturated rings. The second kappa shape index (κ2) is 7.43. The molecule has 0 saturated carbocycles. The Bertz CT molecular complexity index is 218. The van der Waals surface area contributed by atoms with Crippen LogP contribution in [0.3, 0.4) is 0 Å². The number of piperazine rings is 1. The van der Waals surface area contributed by atoms with Gasteiger partial charge in [-0.05, 0) is 52.5 Å². The van der Waals surface area contributed by atoms with E-state index in [0.717, 1.165) is 5.92 Å². The average Bonchev–Trinajstić information content (AvgIpc) is 2.88. The Balaban J connectivity index is 1.55. The van der Waals surface area contributed by atoms with Gasteiger partial charge in [0.1, 0.15) is 0 Å². The van der Waals surface area contributed by atoms with Crippen molar-refractivity contribution in [3.63, 3.8) is 0 Å². The first-order valence-electron chi connectivity index (χ1n) is 7.54. The quantitative estimate of drug-likeness (QED) is 0.729. The van der Waals surface area contributed by atoms with Crippen molar-refractivity contribution in [1.82, 2.24) is 20.0 Å². The Morgan fingerprint density at radius 3 is 2.28 bits per heavy atom. The van der Waals surface area contributed by atoms with E-state index in [9.17, 15) is 0 Å². The van der Waals surface area contributed by atoms with Crippen LogP contribution in [-0.4, -0.2) is 87.7 Å². The third-order valence-corrected chi connectivity index (χ3v) is 4.34. The summed E-state index contributed by atoms with van der Waals surface area (Å²) in [6.45, 7) is 11.3. The first kappa shape index (κ1) is 14.3. The van der Waals surface area contributed by atoms with Crippen molar-refractivity contribution in [3.05, 3.63) is 0 Å². The molecular weight excluding hydrogens is 224 g/mol. The molecule has 4 nitrogen and oxygen atoms in total. The summed E-state index contributed by atoms with van der Waals surface area (Å²) in [5, 5.41) is 3.46. The van der Waals surface area contributed by atoms with Crippen LogP contribution in [0, 0.1) is 5.92 Å². The number of rotatable bonds is 6. The van der Waals surface area contributed by atoms with Gasteiger partial charge in [0.05, 0.1) is 0 Å². The maximum absolute atomic E-state index is 3.46. The van der Waals surface area contributed by atoms with Crippen LogP contribution in [0.25, 0.3) is 0 Å². The molecular formula is C14H30N4. The molecule has 0 bridgehead atoms. The minimum absolute atomic E-state index is 0.941. The molecule has 0 aromatic heterocycles. The van der Waals surface area contributed by atoms with Gasteiger partial charge in [0.15, 0.2) is 0 Å². The minimum atomic E-state index is 0.941. The standard InChI is InChI=1S/C14H30N4/c1-16(2)7-8-18-11-9-17(10-12-18)6-4-14-3-5-15-13-14/h14-15H,3-13H2,1-2H3. The summed E-state index contributed by atoms with van der Waals surface area (Å²) in [6, 6.07) is 0. The molecule has 2 rings (SSSR count). The SMILES string of the molecule is CN(C)CCN1CCN(CCC2CCNC2)CC1. The molecule has 0 radical (unpaired) electrons. The molecule has 0 aromatic carbocycles. The van der Waals surface area contributed by atoms with Crippen LogP contribution in [0.4, 0.5) is 0 Å². The highest BCUT2D eigenvalue weighted by Crippen LogP contribution is 2.13. The van der Waals surface area contributed by atoms with Crippen molar-refractivity contribution >= 4 is 0 Å². The zero-order valence-electron chi connectivity index (χ0n) is 12.2. The number of nitrogens with one attached hydrogen (secondary N) is 1. The Hall–Kier alpha value is -0.160. The van der Waals surface area contributed by atoms with Gasteiger partial charge < -0.3 is 15.1 Å². The third kappa shape index (κ3) is 4.84. The molecule has 0 spiro atoms. The summed E-state index contributed by atoms with van der Waals surface area (Å²) in [4.78, 5) is 7.54. The monoisotopic (exact) mass is 254 g/mol. The molecule has 2 aliphatic rings. The van der Waals surface area contributed by atoms with Gasteiger partial charge in [0.2, 0.25) is 0 Å². The summed E-state index contributed by atoms with van der Waals surface area (Å²) in [5.41, 5.74) is 0. The highest BCUT2D eigenvalue weighted by molar-refractivity contribution is 4.76. The van der Waals surface area contributed by atoms with Crippen molar-refractivity contribution in [2.75, 3.05) is 73.0 Å². The minimum Gasteiger partial charge on any atom is -0.316 e. The molecule has 106 valence electrons. The number of hydrogen-bond donors (Lipinski definition) is 1. The van der Waals surface area contributed by atoms with E-state index in [2.05, 4.69) is 34.1 Å². The summed E-state index contributed by atoms with van der Waals surface area (Å²) in [7, 11) is 4.32. The van der Waals surface area contributed by atoms with Gasteiger partial charge in [-0.1, -0.05) is 0 Å². The summed E-state index contributed by atoms with van der Waals surface area (Å²) < 4.78 is 0. The van der Waals surface area contributed by atoms with Crippen molar-refractivity contribution in [2.45, 2.75) is 12.8 Å². The maximum Gasteiger partial charge on any atom is 0.0110 e. The van der Waals surface area contributed by atoms with Gasteiger partial charge in [-0.15, -0.1) is 0 Å². The van der Waals surface area contributed by atoms with E-state index in [1.54, 1.807) is 0 Å². The summed E-state index contributed by atoms with van der Waals surface area (Å²) in [6.07, 6.45) is 2.79. The number of hydrogen-bond acceptors (Lipinski definition) is 4. The van der Waals surface area contributed by atoms with Crippen LogP contribution in [0.2, 0.25) is 0 Å². The number of nitrogens with zero attached hydrogens (tertiary/aromatic N) is 3. The van der Waals surface area contributed by atoms with Crippen molar-refractivity contribution in [3.8, 4) is 0 Å². The van der Waals surface area contributed by atoms with Crippen LogP contribution in [0.1, 0.15) is 12.8 Å². The fourth-order valence-corrected chi connectivity index (χ4v) is 2.90. The van der Waals surface area contributed by atoms with Gasteiger partial charge in [-0.3, -0.25) is 4.90 Å². The van der Waals surface area contributed by atoms with Crippen molar-refractivity contribution in [2.24, 2.45) is 5.92 Å². The fraction of sp³-hybridized carbons (Fsp3) is 1.00. The molecule has 2 aliphatic heterocycles. The second-order valence-electron chi connectivity index (χ2n) is 6.13. The van der Waals surface area contributed by atoms with Gasteiger partial charge in [0.25, 0.3) is 0 Å². The predicted molar refractivity (Wildman–Crippen MR) is 77.0 cm³/mol. The first-order valence-corrected chi connectivity index (χ1v) is 7.54. The van der Waals surface area contributed by atoms with E-state index in [1.807, 2.05) is 0 Å². The Labute approximate surface area is 112 Å². The smallest absolute Gasteiger partial charge is 0.0110 e. The van der Waals surface area contributed by atoms with Crippen molar-refractivity contribution < 1.29 is 0 Å². The lowest BCUT2D eigenvalue weighted by Crippen LogP contribution is -2.48. The summed E-state index contributed by atoms with van der Waals surface area (Å²) in [5.74, 6) is 0.941. The normalized spacial score (nSPS) is 27.2. The van der Waals surface area contributed by atoms with E-state index < -0.39 is 0 Å². The van der Waals surface area contributed by atoms with Gasteiger partial charge in [-0.25, -0.2) is 0 Å². The average molecular weight is 254 g/mol. The van der Waals surface area contributed by atoms with Crippen LogP contribution in [0.15, 0.2) is 0 Å². The van der Waals surface area contributed by atoms with Crippen molar-refractivity contribution in [1.29, 1.82) is 0 Å². The topological polar surface area (TPSA) is 21.8 Å². The lowest BCUT2D eigenvalue weighted by Gasteiger charge is -2.35. The van der Waals surface area contributed by atoms with E-state index >= 15 is 0 Å². The third-order valence-electron chi connectivity index (χ3n) is 4.34. The van der Waals surface area contributed by atoms with Crippen LogP contribution in [0.5, 0.6) is 0 Å². The largest absolute Gasteiger partial charge is 0.316 e. The van der Waals surface area contributed by atoms with E-state index in [1.165, 1.54) is 71.7 Å². The van der Waals surface area contributed by atoms with E-state index in [4.69, 9.17) is 0 Å². The molecule has 1 atom stereocenters. The molecule has 0 amide bonds. The second-order valence-corrected chi connectivity index (χ2v) is 6.13. The highest BCUT2D eigenvalue weighted by atomic mass is 15.3. The Morgan fingerprint density at radius 2 is 1.72 bits per heavy atom. The molecule has 4 heteroatoms. The molecule has 1 N–H and O–H groups in total. The molecule has 18 heavy (non-hydrogen) atoms. The van der Waals surface area contributed by atoms with Crippen LogP contribution in [-0.2, 0) is 0 Å². The maximum atomic E-state index is 3.46. The van der Waals surface area contributed by atoms with Gasteiger partial charge in [0, 0.05) is 39.3 Å². The first-order chi connectivity index (χ1) is 8.74. The van der Waals surface area contributed by atoms with Crippen LogP contribution >= 0.6 is 0 Å². The molecule has 0 aromatic rings. The lowest BCUT2D eigenvalue weighted by atomic mass is 10.0. The van der Waals surface area contributed by atoms with E-state index in [-0.39, 0.29) is 0 Å². The highest BCUT2D eigenvalue weighted by Gasteiger charge is 2.19. The van der Waals surface area contributed by atoms with Crippen LogP contribution < -0.4 is 5.32 Å².